The molecule has 2 aromatic rings. The summed E-state index contributed by atoms with van der Waals surface area (Å²) in [5.74, 6) is 1.27. The van der Waals surface area contributed by atoms with Crippen LogP contribution >= 0.6 is 0 Å². The highest BCUT2D eigenvalue weighted by Gasteiger charge is 2.06. The largest absolute Gasteiger partial charge is 0.360 e. The minimum Gasteiger partial charge on any atom is -0.360 e. The van der Waals surface area contributed by atoms with Crippen molar-refractivity contribution in [2.24, 2.45) is 0 Å². The molecule has 0 unspecified atom stereocenters. The molecule has 3 N–H and O–H groups in total. The van der Waals surface area contributed by atoms with E-state index in [0.717, 1.165) is 11.4 Å². The Kier molecular flexibility index (Phi) is 3.60. The van der Waals surface area contributed by atoms with Gasteiger partial charge in [0.2, 0.25) is 5.95 Å². The van der Waals surface area contributed by atoms with Crippen LogP contribution in [0.15, 0.2) is 16.7 Å². The summed E-state index contributed by atoms with van der Waals surface area (Å²) in [6.45, 7) is 5.42. The molecular formula is C11H14N6O2. The Labute approximate surface area is 109 Å². The Morgan fingerprint density at radius 2 is 1.84 bits per heavy atom. The fraction of sp³-hybridized carbons (Fsp3) is 0.273. The van der Waals surface area contributed by atoms with Gasteiger partial charge in [-0.15, -0.1) is 0 Å². The lowest BCUT2D eigenvalue weighted by molar-refractivity contribution is 0.253. The highest BCUT2D eigenvalue weighted by molar-refractivity contribution is 5.88. The van der Waals surface area contributed by atoms with Crippen LogP contribution in [0, 0.1) is 20.8 Å². The molecule has 2 aromatic heterocycles. The van der Waals surface area contributed by atoms with Gasteiger partial charge in [0.25, 0.3) is 0 Å². The van der Waals surface area contributed by atoms with Crippen molar-refractivity contribution in [3.8, 4) is 0 Å². The second kappa shape index (κ2) is 5.34. The molecule has 0 aliphatic heterocycles. The van der Waals surface area contributed by atoms with Crippen molar-refractivity contribution < 1.29 is 9.32 Å². The number of carbonyl (C=O) groups is 1. The highest BCUT2D eigenvalue weighted by atomic mass is 16.5. The van der Waals surface area contributed by atoms with Gasteiger partial charge in [0.05, 0.1) is 0 Å². The van der Waals surface area contributed by atoms with Crippen molar-refractivity contribution in [1.29, 1.82) is 0 Å². The lowest BCUT2D eigenvalue weighted by Gasteiger charge is -2.07. The summed E-state index contributed by atoms with van der Waals surface area (Å²) in [6, 6.07) is 2.95. The van der Waals surface area contributed by atoms with Crippen molar-refractivity contribution in [2.75, 3.05) is 10.7 Å². The molecule has 0 saturated heterocycles. The Hall–Kier alpha value is -2.64. The zero-order chi connectivity index (χ0) is 13.8. The van der Waals surface area contributed by atoms with Crippen LogP contribution in [-0.2, 0) is 0 Å². The average Bonchev–Trinajstić information content (AvgIpc) is 2.71. The van der Waals surface area contributed by atoms with Gasteiger partial charge in [-0.25, -0.2) is 20.2 Å². The molecule has 0 aliphatic carbocycles. The van der Waals surface area contributed by atoms with E-state index in [1.807, 2.05) is 19.9 Å². The van der Waals surface area contributed by atoms with Gasteiger partial charge in [-0.05, 0) is 26.8 Å². The quantitative estimate of drug-likeness (QED) is 0.724. The van der Waals surface area contributed by atoms with Crippen LogP contribution in [0.5, 0.6) is 0 Å². The Balaban J connectivity index is 1.89. The van der Waals surface area contributed by atoms with E-state index in [4.69, 9.17) is 4.52 Å². The Morgan fingerprint density at radius 1 is 1.16 bits per heavy atom. The summed E-state index contributed by atoms with van der Waals surface area (Å²) < 4.78 is 4.82. The molecule has 8 heteroatoms. The average molecular weight is 262 g/mol. The predicted octanol–water partition coefficient (Wildman–Crippen LogP) is 1.54. The maximum atomic E-state index is 11.5. The number of amides is 2. The normalized spacial score (nSPS) is 10.1. The van der Waals surface area contributed by atoms with Crippen molar-refractivity contribution in [3.05, 3.63) is 29.3 Å². The molecule has 100 valence electrons. The summed E-state index contributed by atoms with van der Waals surface area (Å²) >= 11 is 0. The number of hydrogen-bond donors (Lipinski definition) is 3. The molecule has 0 atom stereocenters. The zero-order valence-electron chi connectivity index (χ0n) is 10.8. The molecular weight excluding hydrogens is 248 g/mol. The molecule has 0 fully saturated rings. The van der Waals surface area contributed by atoms with E-state index in [2.05, 4.69) is 31.3 Å². The molecule has 0 aliphatic rings. The van der Waals surface area contributed by atoms with Crippen molar-refractivity contribution in [1.82, 2.24) is 20.6 Å². The minimum absolute atomic E-state index is 0.323. The van der Waals surface area contributed by atoms with E-state index in [-0.39, 0.29) is 0 Å². The van der Waals surface area contributed by atoms with Crippen LogP contribution in [0.4, 0.5) is 16.6 Å². The number of aryl methyl sites for hydroxylation is 3. The lowest BCUT2D eigenvalue weighted by Crippen LogP contribution is -2.34. The Bertz CT molecular complexity index is 574. The van der Waals surface area contributed by atoms with E-state index >= 15 is 0 Å². The first-order valence-corrected chi connectivity index (χ1v) is 5.61. The fourth-order valence-corrected chi connectivity index (χ4v) is 1.47. The summed E-state index contributed by atoms with van der Waals surface area (Å²) in [7, 11) is 0. The van der Waals surface area contributed by atoms with E-state index in [1.54, 1.807) is 13.0 Å². The third-order valence-electron chi connectivity index (χ3n) is 2.14. The van der Waals surface area contributed by atoms with Gasteiger partial charge in [0.15, 0.2) is 5.82 Å². The second-order valence-corrected chi connectivity index (χ2v) is 4.00. The van der Waals surface area contributed by atoms with E-state index in [1.165, 1.54) is 0 Å². The van der Waals surface area contributed by atoms with Crippen LogP contribution in [0.1, 0.15) is 17.1 Å². The molecule has 2 amide bonds. The molecule has 2 rings (SSSR count). The highest BCUT2D eigenvalue weighted by Crippen LogP contribution is 2.06. The Morgan fingerprint density at radius 3 is 2.42 bits per heavy atom. The number of nitrogens with one attached hydrogen (secondary N) is 3. The monoisotopic (exact) mass is 262 g/mol. The van der Waals surface area contributed by atoms with E-state index < -0.39 is 6.03 Å². The number of hydrazine groups is 1. The number of nitrogens with zero attached hydrogens (tertiary/aromatic N) is 3. The first kappa shape index (κ1) is 12.8. The first-order chi connectivity index (χ1) is 9.02. The third kappa shape index (κ3) is 3.66. The SMILES string of the molecule is Cc1cc(C)nc(NNC(=O)Nc2cc(C)on2)n1. The van der Waals surface area contributed by atoms with Crippen molar-refractivity contribution in [3.63, 3.8) is 0 Å². The summed E-state index contributed by atoms with van der Waals surface area (Å²) in [4.78, 5) is 19.8. The van der Waals surface area contributed by atoms with Crippen molar-refractivity contribution in [2.45, 2.75) is 20.8 Å². The number of carbonyl (C=O) groups excluding carboxylic acids is 1. The number of rotatable bonds is 3. The van der Waals surface area contributed by atoms with Crippen molar-refractivity contribution >= 4 is 17.8 Å². The van der Waals surface area contributed by atoms with Gasteiger partial charge in [-0.1, -0.05) is 5.16 Å². The number of aromatic nitrogens is 3. The second-order valence-electron chi connectivity index (χ2n) is 4.00. The topological polar surface area (TPSA) is 105 Å². The van der Waals surface area contributed by atoms with E-state index in [0.29, 0.717) is 17.5 Å². The van der Waals surface area contributed by atoms with Crippen LogP contribution in [-0.4, -0.2) is 21.2 Å². The zero-order valence-corrected chi connectivity index (χ0v) is 10.8. The van der Waals surface area contributed by atoms with Gasteiger partial charge in [-0.3, -0.25) is 10.7 Å². The van der Waals surface area contributed by atoms with Crippen LogP contribution in [0.25, 0.3) is 0 Å². The molecule has 0 bridgehead atoms. The van der Waals surface area contributed by atoms with Crippen LogP contribution in [0.2, 0.25) is 0 Å². The first-order valence-electron chi connectivity index (χ1n) is 5.61. The molecule has 0 aromatic carbocycles. The molecule has 0 spiro atoms. The number of anilines is 2. The maximum absolute atomic E-state index is 11.5. The number of urea groups is 1. The van der Waals surface area contributed by atoms with Crippen LogP contribution in [0.3, 0.4) is 0 Å². The van der Waals surface area contributed by atoms with Gasteiger partial charge in [0, 0.05) is 17.5 Å². The summed E-state index contributed by atoms with van der Waals surface area (Å²) in [6.07, 6.45) is 0. The molecule has 2 heterocycles. The summed E-state index contributed by atoms with van der Waals surface area (Å²) in [5, 5.41) is 6.12. The maximum Gasteiger partial charge on any atom is 0.339 e. The third-order valence-corrected chi connectivity index (χ3v) is 2.14. The van der Waals surface area contributed by atoms with Gasteiger partial charge in [-0.2, -0.15) is 0 Å². The van der Waals surface area contributed by atoms with Crippen LogP contribution < -0.4 is 16.2 Å². The predicted molar refractivity (Wildman–Crippen MR) is 68.5 cm³/mol. The minimum atomic E-state index is -0.490. The molecule has 19 heavy (non-hydrogen) atoms. The standard InChI is InChI=1S/C11H14N6O2/c1-6-4-7(2)13-10(12-6)15-16-11(18)14-9-5-8(3)19-17-9/h4-5H,1-3H3,(H,12,13,15)(H2,14,16,17,18). The van der Waals surface area contributed by atoms with Gasteiger partial charge >= 0.3 is 6.03 Å². The van der Waals surface area contributed by atoms with E-state index in [9.17, 15) is 4.79 Å². The fourth-order valence-electron chi connectivity index (χ4n) is 1.47. The molecule has 8 nitrogen and oxygen atoms in total. The smallest absolute Gasteiger partial charge is 0.339 e. The van der Waals surface area contributed by atoms with Gasteiger partial charge in [0.1, 0.15) is 5.76 Å². The van der Waals surface area contributed by atoms with Gasteiger partial charge < -0.3 is 4.52 Å². The molecule has 0 saturated carbocycles. The number of hydrogen-bond acceptors (Lipinski definition) is 6. The molecule has 0 radical (unpaired) electrons. The summed E-state index contributed by atoms with van der Waals surface area (Å²) in [5.41, 5.74) is 6.63. The lowest BCUT2D eigenvalue weighted by atomic mass is 10.4.